The Hall–Kier alpha value is -1.36. The third kappa shape index (κ3) is 3.57. The molecule has 0 aromatic carbocycles. The topological polar surface area (TPSA) is 64.3 Å². The smallest absolute Gasteiger partial charge is 0.333 e. The Labute approximate surface area is 108 Å². The van der Waals surface area contributed by atoms with Crippen molar-refractivity contribution >= 4 is 5.97 Å². The highest BCUT2D eigenvalue weighted by atomic mass is 16.5. The van der Waals surface area contributed by atoms with Crippen molar-refractivity contribution in [2.45, 2.75) is 45.6 Å². The lowest BCUT2D eigenvalue weighted by atomic mass is 10.1. The van der Waals surface area contributed by atoms with Crippen molar-refractivity contribution < 1.29 is 14.6 Å². The van der Waals surface area contributed by atoms with Crippen molar-refractivity contribution in [1.82, 2.24) is 9.78 Å². The Bertz CT molecular complexity index is 385. The monoisotopic (exact) mass is 254 g/mol. The maximum atomic E-state index is 11.8. The number of hydrogen-bond donors (Lipinski definition) is 1. The molecule has 0 saturated carbocycles. The van der Waals surface area contributed by atoms with Gasteiger partial charge in [-0.05, 0) is 45.6 Å². The molecule has 5 nitrogen and oxygen atoms in total. The van der Waals surface area contributed by atoms with Crippen molar-refractivity contribution in [3.8, 4) is 0 Å². The Kier molecular flexibility index (Phi) is 5.34. The van der Waals surface area contributed by atoms with Gasteiger partial charge in [-0.2, -0.15) is 5.10 Å². The van der Waals surface area contributed by atoms with Crippen LogP contribution in [0, 0.1) is 0 Å². The van der Waals surface area contributed by atoms with Crippen molar-refractivity contribution in [2.75, 3.05) is 13.2 Å². The molecule has 0 spiro atoms. The number of nitrogens with zero attached hydrogens (tertiary/aromatic N) is 2. The first kappa shape index (κ1) is 14.7. The summed E-state index contributed by atoms with van der Waals surface area (Å²) in [6.45, 7) is 5.94. The van der Waals surface area contributed by atoms with Gasteiger partial charge in [-0.15, -0.1) is 0 Å². The predicted molar refractivity (Wildman–Crippen MR) is 68.2 cm³/mol. The second kappa shape index (κ2) is 6.54. The molecule has 0 fully saturated rings. The van der Waals surface area contributed by atoms with E-state index in [0.29, 0.717) is 6.61 Å². The minimum Gasteiger partial charge on any atom is -0.464 e. The molecule has 18 heavy (non-hydrogen) atoms. The number of rotatable bonds is 7. The summed E-state index contributed by atoms with van der Waals surface area (Å²) >= 11 is 0. The minimum atomic E-state index is -0.786. The molecule has 1 aromatic heterocycles. The summed E-state index contributed by atoms with van der Waals surface area (Å²) in [7, 11) is 0. The van der Waals surface area contributed by atoms with Gasteiger partial charge >= 0.3 is 5.97 Å². The van der Waals surface area contributed by atoms with Gasteiger partial charge in [-0.3, -0.25) is 4.68 Å². The molecule has 1 N–H and O–H groups in total. The van der Waals surface area contributed by atoms with Crippen LogP contribution >= 0.6 is 0 Å². The zero-order valence-electron chi connectivity index (χ0n) is 11.3. The Morgan fingerprint density at radius 2 is 2.22 bits per heavy atom. The van der Waals surface area contributed by atoms with Gasteiger partial charge in [-0.1, -0.05) is 0 Å². The molecule has 1 heterocycles. The lowest BCUT2D eigenvalue weighted by Crippen LogP contribution is -2.37. The minimum absolute atomic E-state index is 0.211. The second-order valence-corrected chi connectivity index (χ2v) is 4.75. The molecular formula is C13H22N2O3. The van der Waals surface area contributed by atoms with Gasteiger partial charge in [0.15, 0.2) is 5.54 Å². The number of ether oxygens (including phenoxy) is 1. The number of aryl methyl sites for hydroxylation is 1. The second-order valence-electron chi connectivity index (χ2n) is 4.75. The molecule has 0 amide bonds. The van der Waals surface area contributed by atoms with Crippen LogP contribution in [0.4, 0.5) is 0 Å². The number of carbonyl (C=O) groups is 1. The van der Waals surface area contributed by atoms with Crippen LogP contribution in [0.1, 0.15) is 39.2 Å². The van der Waals surface area contributed by atoms with Gasteiger partial charge in [-0.25, -0.2) is 4.79 Å². The van der Waals surface area contributed by atoms with E-state index in [1.165, 1.54) is 0 Å². The standard InChI is InChI=1S/C13H22N2O3/c1-4-18-12(17)13(2,3)15-10-11(9-14-15)7-5-6-8-16/h9-10,16H,4-8H2,1-3H3. The molecule has 1 rings (SSSR count). The molecule has 102 valence electrons. The molecule has 0 bridgehead atoms. The van der Waals surface area contributed by atoms with Crippen LogP contribution in [0.2, 0.25) is 0 Å². The molecule has 1 aromatic rings. The Balaban J connectivity index is 2.68. The summed E-state index contributed by atoms with van der Waals surface area (Å²) in [6, 6.07) is 0. The number of esters is 1. The number of aromatic nitrogens is 2. The highest BCUT2D eigenvalue weighted by molar-refractivity contribution is 5.77. The van der Waals surface area contributed by atoms with Crippen molar-refractivity contribution in [3.05, 3.63) is 18.0 Å². The average molecular weight is 254 g/mol. The molecule has 0 atom stereocenters. The summed E-state index contributed by atoms with van der Waals surface area (Å²) in [5, 5.41) is 13.0. The van der Waals surface area contributed by atoms with Gasteiger partial charge < -0.3 is 9.84 Å². The number of unbranched alkanes of at least 4 members (excludes halogenated alkanes) is 1. The van der Waals surface area contributed by atoms with E-state index in [1.54, 1.807) is 31.6 Å². The van der Waals surface area contributed by atoms with Gasteiger partial charge in [0.1, 0.15) is 0 Å². The van der Waals surface area contributed by atoms with E-state index in [-0.39, 0.29) is 12.6 Å². The third-order valence-electron chi connectivity index (χ3n) is 2.86. The van der Waals surface area contributed by atoms with Crippen LogP contribution in [0.5, 0.6) is 0 Å². The van der Waals surface area contributed by atoms with E-state index in [9.17, 15) is 4.79 Å². The fourth-order valence-electron chi connectivity index (χ4n) is 1.64. The number of carbonyl (C=O) groups excluding carboxylic acids is 1. The maximum Gasteiger partial charge on any atom is 0.333 e. The SMILES string of the molecule is CCOC(=O)C(C)(C)n1cc(CCCCO)cn1. The van der Waals surface area contributed by atoms with Crippen molar-refractivity contribution in [3.63, 3.8) is 0 Å². The van der Waals surface area contributed by atoms with Crippen LogP contribution in [0.15, 0.2) is 12.4 Å². The largest absolute Gasteiger partial charge is 0.464 e. The first-order valence-electron chi connectivity index (χ1n) is 6.34. The lowest BCUT2D eigenvalue weighted by molar-refractivity contribution is -0.152. The molecule has 0 saturated heterocycles. The average Bonchev–Trinajstić information content (AvgIpc) is 2.79. The van der Waals surface area contributed by atoms with Gasteiger partial charge in [0.05, 0.1) is 12.8 Å². The number of hydrogen-bond acceptors (Lipinski definition) is 4. The van der Waals surface area contributed by atoms with Crippen molar-refractivity contribution in [1.29, 1.82) is 0 Å². The zero-order chi connectivity index (χ0) is 13.6. The highest BCUT2D eigenvalue weighted by Gasteiger charge is 2.32. The van der Waals surface area contributed by atoms with E-state index < -0.39 is 5.54 Å². The zero-order valence-corrected chi connectivity index (χ0v) is 11.3. The van der Waals surface area contributed by atoms with Crippen LogP contribution in [0.25, 0.3) is 0 Å². The Morgan fingerprint density at radius 1 is 1.50 bits per heavy atom. The predicted octanol–water partition coefficient (Wildman–Crippen LogP) is 1.50. The molecule has 0 unspecified atom stereocenters. The van der Waals surface area contributed by atoms with Crippen LogP contribution < -0.4 is 0 Å². The van der Waals surface area contributed by atoms with Gasteiger partial charge in [0.2, 0.25) is 0 Å². The summed E-state index contributed by atoms with van der Waals surface area (Å²) in [5.74, 6) is -0.282. The number of aliphatic hydroxyl groups is 1. The first-order valence-corrected chi connectivity index (χ1v) is 6.34. The van der Waals surface area contributed by atoms with Gasteiger partial charge in [0, 0.05) is 12.8 Å². The van der Waals surface area contributed by atoms with E-state index in [2.05, 4.69) is 5.10 Å². The molecular weight excluding hydrogens is 232 g/mol. The molecule has 0 aliphatic heterocycles. The maximum absolute atomic E-state index is 11.8. The van der Waals surface area contributed by atoms with E-state index in [1.807, 2.05) is 6.20 Å². The first-order chi connectivity index (χ1) is 8.52. The van der Waals surface area contributed by atoms with Crippen LogP contribution in [-0.4, -0.2) is 34.1 Å². The fraction of sp³-hybridized carbons (Fsp3) is 0.692. The summed E-state index contributed by atoms with van der Waals surface area (Å²) in [6.07, 6.45) is 6.20. The van der Waals surface area contributed by atoms with E-state index in [4.69, 9.17) is 9.84 Å². The normalized spacial score (nSPS) is 11.6. The fourth-order valence-corrected chi connectivity index (χ4v) is 1.64. The van der Waals surface area contributed by atoms with Crippen LogP contribution in [-0.2, 0) is 21.5 Å². The van der Waals surface area contributed by atoms with Crippen molar-refractivity contribution in [2.24, 2.45) is 0 Å². The van der Waals surface area contributed by atoms with E-state index >= 15 is 0 Å². The Morgan fingerprint density at radius 3 is 2.83 bits per heavy atom. The summed E-state index contributed by atoms with van der Waals surface area (Å²) in [5.41, 5.74) is 0.284. The summed E-state index contributed by atoms with van der Waals surface area (Å²) in [4.78, 5) is 11.8. The molecule has 0 radical (unpaired) electrons. The highest BCUT2D eigenvalue weighted by Crippen LogP contribution is 2.17. The van der Waals surface area contributed by atoms with E-state index in [0.717, 1.165) is 24.8 Å². The third-order valence-corrected chi connectivity index (χ3v) is 2.86. The summed E-state index contributed by atoms with van der Waals surface area (Å²) < 4.78 is 6.67. The quantitative estimate of drug-likeness (QED) is 0.591. The lowest BCUT2D eigenvalue weighted by Gasteiger charge is -2.22. The number of aliphatic hydroxyl groups excluding tert-OH is 1. The molecule has 0 aliphatic carbocycles. The molecule has 0 aliphatic rings. The van der Waals surface area contributed by atoms with Gasteiger partial charge in [0.25, 0.3) is 0 Å². The molecule has 5 heteroatoms. The van der Waals surface area contributed by atoms with Crippen LogP contribution in [0.3, 0.4) is 0 Å².